The third kappa shape index (κ3) is 2.70. The van der Waals surface area contributed by atoms with Gasteiger partial charge in [-0.3, -0.25) is 4.90 Å². The number of morpholine rings is 1. The zero-order valence-corrected chi connectivity index (χ0v) is 12.1. The molecule has 0 bridgehead atoms. The fourth-order valence-electron chi connectivity index (χ4n) is 2.36. The first-order valence-electron chi connectivity index (χ1n) is 6.70. The van der Waals surface area contributed by atoms with Crippen LogP contribution in [0.3, 0.4) is 0 Å². The standard InChI is InChI=1S/C14H17ClN4O/c1-11-8-20-7-6-18(11)10-19-14(16-9-17-19)12-4-2-3-5-13(12)15/h2-5,9,11H,6-8,10H2,1H3/t11-/m0/s1. The van der Waals surface area contributed by atoms with Crippen molar-refractivity contribution in [1.29, 1.82) is 0 Å². The number of nitrogens with zero attached hydrogens (tertiary/aromatic N) is 4. The molecule has 1 saturated heterocycles. The van der Waals surface area contributed by atoms with Crippen LogP contribution in [0.2, 0.25) is 5.02 Å². The lowest BCUT2D eigenvalue weighted by Crippen LogP contribution is -2.44. The number of aromatic nitrogens is 3. The Bertz CT molecular complexity index is 586. The largest absolute Gasteiger partial charge is 0.379 e. The molecule has 1 atom stereocenters. The summed E-state index contributed by atoms with van der Waals surface area (Å²) in [5, 5.41) is 5.02. The number of halogens is 1. The van der Waals surface area contributed by atoms with Crippen molar-refractivity contribution >= 4 is 11.6 Å². The maximum atomic E-state index is 6.24. The molecule has 2 heterocycles. The number of hydrogen-bond acceptors (Lipinski definition) is 4. The average molecular weight is 293 g/mol. The summed E-state index contributed by atoms with van der Waals surface area (Å²) in [6.07, 6.45) is 1.57. The molecule has 0 spiro atoms. The SMILES string of the molecule is C[C@H]1COCCN1Cn1ncnc1-c1ccccc1Cl. The molecule has 1 aromatic carbocycles. The predicted molar refractivity (Wildman–Crippen MR) is 77.5 cm³/mol. The third-order valence-electron chi connectivity index (χ3n) is 3.55. The maximum Gasteiger partial charge on any atom is 0.160 e. The molecule has 3 rings (SSSR count). The topological polar surface area (TPSA) is 43.2 Å². The summed E-state index contributed by atoms with van der Waals surface area (Å²) in [6.45, 7) is 5.29. The molecule has 1 aliphatic heterocycles. The van der Waals surface area contributed by atoms with Crippen LogP contribution in [0.1, 0.15) is 6.92 Å². The van der Waals surface area contributed by atoms with Crippen LogP contribution in [0.5, 0.6) is 0 Å². The number of rotatable bonds is 3. The van der Waals surface area contributed by atoms with Crippen molar-refractivity contribution in [1.82, 2.24) is 19.7 Å². The molecule has 1 fully saturated rings. The molecular weight excluding hydrogens is 276 g/mol. The fraction of sp³-hybridized carbons (Fsp3) is 0.429. The van der Waals surface area contributed by atoms with Crippen molar-refractivity contribution in [3.8, 4) is 11.4 Å². The second-order valence-electron chi connectivity index (χ2n) is 4.94. The minimum absolute atomic E-state index is 0.382. The lowest BCUT2D eigenvalue weighted by Gasteiger charge is -2.33. The van der Waals surface area contributed by atoms with E-state index in [1.54, 1.807) is 6.33 Å². The molecule has 0 N–H and O–H groups in total. The molecule has 1 aromatic heterocycles. The number of hydrogen-bond donors (Lipinski definition) is 0. The highest BCUT2D eigenvalue weighted by atomic mass is 35.5. The smallest absolute Gasteiger partial charge is 0.160 e. The van der Waals surface area contributed by atoms with Gasteiger partial charge < -0.3 is 4.74 Å². The van der Waals surface area contributed by atoms with E-state index < -0.39 is 0 Å². The van der Waals surface area contributed by atoms with E-state index in [2.05, 4.69) is 21.9 Å². The van der Waals surface area contributed by atoms with Gasteiger partial charge in [0.2, 0.25) is 0 Å². The van der Waals surface area contributed by atoms with Crippen LogP contribution in [-0.4, -0.2) is 45.5 Å². The van der Waals surface area contributed by atoms with Gasteiger partial charge >= 0.3 is 0 Å². The Balaban J connectivity index is 1.85. The molecule has 106 valence electrons. The molecule has 5 nitrogen and oxygen atoms in total. The summed E-state index contributed by atoms with van der Waals surface area (Å²) in [5.41, 5.74) is 0.910. The highest BCUT2D eigenvalue weighted by molar-refractivity contribution is 6.33. The zero-order valence-electron chi connectivity index (χ0n) is 11.4. The van der Waals surface area contributed by atoms with Crippen LogP contribution in [-0.2, 0) is 11.4 Å². The molecule has 6 heteroatoms. The second-order valence-corrected chi connectivity index (χ2v) is 5.35. The van der Waals surface area contributed by atoms with Crippen LogP contribution in [0.15, 0.2) is 30.6 Å². The van der Waals surface area contributed by atoms with Gasteiger partial charge in [0.1, 0.15) is 6.33 Å². The van der Waals surface area contributed by atoms with Gasteiger partial charge in [-0.05, 0) is 19.1 Å². The minimum atomic E-state index is 0.382. The molecule has 1 aliphatic rings. The molecule has 0 aliphatic carbocycles. The normalized spacial score (nSPS) is 20.2. The van der Waals surface area contributed by atoms with E-state index in [1.165, 1.54) is 0 Å². The second kappa shape index (κ2) is 5.91. The zero-order chi connectivity index (χ0) is 13.9. The van der Waals surface area contributed by atoms with Crippen molar-refractivity contribution in [2.24, 2.45) is 0 Å². The Hall–Kier alpha value is -1.43. The quantitative estimate of drug-likeness (QED) is 0.870. The molecule has 2 aromatic rings. The number of ether oxygens (including phenoxy) is 1. The minimum Gasteiger partial charge on any atom is -0.379 e. The summed E-state index contributed by atoms with van der Waals surface area (Å²) in [4.78, 5) is 6.68. The van der Waals surface area contributed by atoms with Crippen molar-refractivity contribution in [2.45, 2.75) is 19.6 Å². The van der Waals surface area contributed by atoms with E-state index in [-0.39, 0.29) is 0 Å². The Morgan fingerprint density at radius 2 is 2.25 bits per heavy atom. The first-order chi connectivity index (χ1) is 9.75. The Morgan fingerprint density at radius 1 is 1.40 bits per heavy atom. The Kier molecular flexibility index (Phi) is 4.00. The van der Waals surface area contributed by atoms with Crippen LogP contribution < -0.4 is 0 Å². The highest BCUT2D eigenvalue weighted by Gasteiger charge is 2.21. The van der Waals surface area contributed by atoms with Crippen molar-refractivity contribution in [3.63, 3.8) is 0 Å². The fourth-order valence-corrected chi connectivity index (χ4v) is 2.58. The van der Waals surface area contributed by atoms with Gasteiger partial charge in [0.15, 0.2) is 5.82 Å². The van der Waals surface area contributed by atoms with Gasteiger partial charge in [-0.15, -0.1) is 0 Å². The van der Waals surface area contributed by atoms with Crippen molar-refractivity contribution < 1.29 is 4.74 Å². The first kappa shape index (κ1) is 13.5. The molecule has 0 radical (unpaired) electrons. The summed E-state index contributed by atoms with van der Waals surface area (Å²) in [6, 6.07) is 8.08. The monoisotopic (exact) mass is 292 g/mol. The summed E-state index contributed by atoms with van der Waals surface area (Å²) < 4.78 is 7.35. The molecule has 0 unspecified atom stereocenters. The van der Waals surface area contributed by atoms with Gasteiger partial charge in [-0.25, -0.2) is 9.67 Å². The van der Waals surface area contributed by atoms with Gasteiger partial charge in [-0.1, -0.05) is 23.7 Å². The molecule has 0 amide bonds. The van der Waals surface area contributed by atoms with Crippen LogP contribution in [0.4, 0.5) is 0 Å². The molecule has 20 heavy (non-hydrogen) atoms. The van der Waals surface area contributed by atoms with E-state index in [9.17, 15) is 0 Å². The lowest BCUT2D eigenvalue weighted by atomic mass is 10.2. The van der Waals surface area contributed by atoms with E-state index in [0.29, 0.717) is 17.7 Å². The predicted octanol–water partition coefficient (Wildman–Crippen LogP) is 2.28. The summed E-state index contributed by atoms with van der Waals surface area (Å²) >= 11 is 6.24. The van der Waals surface area contributed by atoms with E-state index in [4.69, 9.17) is 16.3 Å². The molecule has 0 saturated carbocycles. The summed E-state index contributed by atoms with van der Waals surface area (Å²) in [5.74, 6) is 0.800. The van der Waals surface area contributed by atoms with Crippen LogP contribution in [0, 0.1) is 0 Å². The third-order valence-corrected chi connectivity index (χ3v) is 3.88. The van der Waals surface area contributed by atoms with Gasteiger partial charge in [0.25, 0.3) is 0 Å². The summed E-state index contributed by atoms with van der Waals surface area (Å²) in [7, 11) is 0. The van der Waals surface area contributed by atoms with Crippen molar-refractivity contribution in [2.75, 3.05) is 19.8 Å². The van der Waals surface area contributed by atoms with Crippen LogP contribution >= 0.6 is 11.6 Å². The maximum absolute atomic E-state index is 6.24. The average Bonchev–Trinajstić information content (AvgIpc) is 2.90. The Labute approximate surface area is 123 Å². The molecular formula is C14H17ClN4O. The van der Waals surface area contributed by atoms with Gasteiger partial charge in [-0.2, -0.15) is 5.10 Å². The van der Waals surface area contributed by atoms with E-state index in [0.717, 1.165) is 31.1 Å². The van der Waals surface area contributed by atoms with Crippen molar-refractivity contribution in [3.05, 3.63) is 35.6 Å². The Morgan fingerprint density at radius 3 is 3.05 bits per heavy atom. The van der Waals surface area contributed by atoms with E-state index in [1.807, 2.05) is 28.9 Å². The highest BCUT2D eigenvalue weighted by Crippen LogP contribution is 2.25. The van der Waals surface area contributed by atoms with Crippen LogP contribution in [0.25, 0.3) is 11.4 Å². The lowest BCUT2D eigenvalue weighted by molar-refractivity contribution is -0.0169. The van der Waals surface area contributed by atoms with Gasteiger partial charge in [0.05, 0.1) is 24.9 Å². The number of benzene rings is 1. The first-order valence-corrected chi connectivity index (χ1v) is 7.08. The van der Waals surface area contributed by atoms with Gasteiger partial charge in [0, 0.05) is 18.2 Å². The van der Waals surface area contributed by atoms with E-state index >= 15 is 0 Å².